The van der Waals surface area contributed by atoms with E-state index in [0.717, 1.165) is 37.5 Å². The molecule has 6 heteroatoms. The molecule has 0 unspecified atom stereocenters. The average molecular weight is 334 g/mol. The standard InChI is InChI=1S/C18H30N4O2/c1-18(2,3)15-11-16(21(4)20-15)19-17(23)12-22-9-10-24-14-8-6-5-7-13(14)22/h11,13-14H,5-10,12H2,1-4H3,(H,19,23)/t13-,14-/m0/s1. The van der Waals surface area contributed by atoms with Crippen LogP contribution in [0, 0.1) is 0 Å². The average Bonchev–Trinajstić information content (AvgIpc) is 2.89. The largest absolute Gasteiger partial charge is 0.375 e. The van der Waals surface area contributed by atoms with E-state index >= 15 is 0 Å². The molecule has 0 spiro atoms. The number of aryl methyl sites for hydroxylation is 1. The molecule has 0 radical (unpaired) electrons. The fourth-order valence-electron chi connectivity index (χ4n) is 3.69. The second-order valence-corrected chi connectivity index (χ2v) is 8.07. The van der Waals surface area contributed by atoms with Gasteiger partial charge < -0.3 is 10.1 Å². The minimum absolute atomic E-state index is 0.0275. The molecule has 6 nitrogen and oxygen atoms in total. The highest BCUT2D eigenvalue weighted by atomic mass is 16.5. The van der Waals surface area contributed by atoms with E-state index < -0.39 is 0 Å². The zero-order valence-corrected chi connectivity index (χ0v) is 15.3. The first-order chi connectivity index (χ1) is 11.3. The SMILES string of the molecule is Cn1nc(C(C)(C)C)cc1NC(=O)CN1CCO[C@H]2CCCC[C@@H]21. The van der Waals surface area contributed by atoms with Gasteiger partial charge in [0.15, 0.2) is 0 Å². The fourth-order valence-corrected chi connectivity index (χ4v) is 3.69. The monoisotopic (exact) mass is 334 g/mol. The van der Waals surface area contributed by atoms with Crippen LogP contribution in [0.4, 0.5) is 5.82 Å². The topological polar surface area (TPSA) is 59.4 Å². The molecule has 2 fully saturated rings. The van der Waals surface area contributed by atoms with Crippen LogP contribution < -0.4 is 5.32 Å². The van der Waals surface area contributed by atoms with Crippen molar-refractivity contribution in [2.24, 2.45) is 7.05 Å². The lowest BCUT2D eigenvalue weighted by Crippen LogP contribution is -2.54. The summed E-state index contributed by atoms with van der Waals surface area (Å²) in [5.74, 6) is 0.795. The van der Waals surface area contributed by atoms with E-state index in [9.17, 15) is 4.79 Å². The van der Waals surface area contributed by atoms with Crippen LogP contribution in [0.2, 0.25) is 0 Å². The number of nitrogens with zero attached hydrogens (tertiary/aromatic N) is 3. The normalized spacial score (nSPS) is 25.3. The van der Waals surface area contributed by atoms with Gasteiger partial charge in [-0.1, -0.05) is 33.6 Å². The van der Waals surface area contributed by atoms with Crippen LogP contribution in [0.15, 0.2) is 6.07 Å². The van der Waals surface area contributed by atoms with Crippen molar-refractivity contribution in [3.05, 3.63) is 11.8 Å². The van der Waals surface area contributed by atoms with Gasteiger partial charge in [-0.15, -0.1) is 0 Å². The highest BCUT2D eigenvalue weighted by molar-refractivity contribution is 5.91. The summed E-state index contributed by atoms with van der Waals surface area (Å²) >= 11 is 0. The second kappa shape index (κ2) is 6.84. The molecule has 2 aliphatic rings. The molecule has 0 bridgehead atoms. The first kappa shape index (κ1) is 17.4. The molecule has 24 heavy (non-hydrogen) atoms. The summed E-state index contributed by atoms with van der Waals surface area (Å²) < 4.78 is 7.64. The quantitative estimate of drug-likeness (QED) is 0.921. The first-order valence-electron chi connectivity index (χ1n) is 9.04. The molecule has 1 amide bonds. The predicted molar refractivity (Wildman–Crippen MR) is 94.1 cm³/mol. The molecular weight excluding hydrogens is 304 g/mol. The van der Waals surface area contributed by atoms with Crippen LogP contribution in [0.3, 0.4) is 0 Å². The lowest BCUT2D eigenvalue weighted by molar-refractivity contribution is -0.124. The lowest BCUT2D eigenvalue weighted by atomic mass is 9.90. The van der Waals surface area contributed by atoms with Crippen LogP contribution in [-0.4, -0.2) is 52.4 Å². The van der Waals surface area contributed by atoms with Gasteiger partial charge in [0.1, 0.15) is 5.82 Å². The number of hydrogen-bond donors (Lipinski definition) is 1. The van der Waals surface area contributed by atoms with Crippen molar-refractivity contribution < 1.29 is 9.53 Å². The highest BCUT2D eigenvalue weighted by Crippen LogP contribution is 2.28. The number of rotatable bonds is 3. The van der Waals surface area contributed by atoms with E-state index in [1.165, 1.54) is 12.8 Å². The fraction of sp³-hybridized carbons (Fsp3) is 0.778. The molecule has 134 valence electrons. The Kier molecular flexibility index (Phi) is 4.97. The summed E-state index contributed by atoms with van der Waals surface area (Å²) in [4.78, 5) is 14.8. The number of nitrogens with one attached hydrogen (secondary N) is 1. The van der Waals surface area contributed by atoms with Gasteiger partial charge in [-0.25, -0.2) is 0 Å². The van der Waals surface area contributed by atoms with Crippen LogP contribution in [0.1, 0.15) is 52.1 Å². The number of ether oxygens (including phenoxy) is 1. The van der Waals surface area contributed by atoms with E-state index in [0.29, 0.717) is 18.7 Å². The van der Waals surface area contributed by atoms with E-state index in [1.807, 2.05) is 13.1 Å². The van der Waals surface area contributed by atoms with E-state index in [4.69, 9.17) is 4.74 Å². The maximum atomic E-state index is 12.5. The van der Waals surface area contributed by atoms with Gasteiger partial charge in [0.25, 0.3) is 0 Å². The Morgan fingerprint density at radius 2 is 2.12 bits per heavy atom. The van der Waals surface area contributed by atoms with Crippen LogP contribution in [0.25, 0.3) is 0 Å². The molecule has 1 aliphatic heterocycles. The molecule has 1 N–H and O–H groups in total. The Labute approximate surface area is 144 Å². The molecule has 1 aromatic heterocycles. The Bertz CT molecular complexity index is 588. The molecular formula is C18H30N4O2. The number of amides is 1. The summed E-state index contributed by atoms with van der Waals surface area (Å²) in [5.41, 5.74) is 0.958. The van der Waals surface area contributed by atoms with E-state index in [2.05, 4.69) is 36.1 Å². The summed E-state index contributed by atoms with van der Waals surface area (Å²) in [6, 6.07) is 2.37. The maximum absolute atomic E-state index is 12.5. The molecule has 0 aromatic carbocycles. The van der Waals surface area contributed by atoms with Crippen molar-refractivity contribution >= 4 is 11.7 Å². The third-order valence-electron chi connectivity index (χ3n) is 5.11. The summed E-state index contributed by atoms with van der Waals surface area (Å²) in [6.45, 7) is 8.37. The Hall–Kier alpha value is -1.40. The van der Waals surface area contributed by atoms with Crippen molar-refractivity contribution in [2.45, 2.75) is 64.0 Å². The molecule has 1 aromatic rings. The molecule has 3 rings (SSSR count). The number of hydrogen-bond acceptors (Lipinski definition) is 4. The predicted octanol–water partition coefficient (Wildman–Crippen LogP) is 2.30. The zero-order chi connectivity index (χ0) is 17.3. The summed E-state index contributed by atoms with van der Waals surface area (Å²) in [5, 5.41) is 7.54. The van der Waals surface area contributed by atoms with Gasteiger partial charge in [-0.2, -0.15) is 5.10 Å². The number of fused-ring (bicyclic) bond motifs is 1. The van der Waals surface area contributed by atoms with Gasteiger partial charge in [0.05, 0.1) is 24.9 Å². The first-order valence-corrected chi connectivity index (χ1v) is 9.04. The maximum Gasteiger partial charge on any atom is 0.239 e. The lowest BCUT2D eigenvalue weighted by Gasteiger charge is -2.43. The van der Waals surface area contributed by atoms with Gasteiger partial charge in [-0.3, -0.25) is 14.4 Å². The van der Waals surface area contributed by atoms with Gasteiger partial charge >= 0.3 is 0 Å². The number of carbonyl (C=O) groups is 1. The Morgan fingerprint density at radius 3 is 2.83 bits per heavy atom. The number of aromatic nitrogens is 2. The van der Waals surface area contributed by atoms with Crippen molar-refractivity contribution in [3.8, 4) is 0 Å². The Morgan fingerprint density at radius 1 is 1.38 bits per heavy atom. The summed E-state index contributed by atoms with van der Waals surface area (Å²) in [6.07, 6.45) is 5.05. The minimum Gasteiger partial charge on any atom is -0.375 e. The third kappa shape index (κ3) is 3.81. The van der Waals surface area contributed by atoms with Crippen LogP contribution in [-0.2, 0) is 22.0 Å². The van der Waals surface area contributed by atoms with Crippen molar-refractivity contribution in [3.63, 3.8) is 0 Å². The van der Waals surface area contributed by atoms with Crippen molar-refractivity contribution in [1.29, 1.82) is 0 Å². The summed E-state index contributed by atoms with van der Waals surface area (Å²) in [7, 11) is 1.87. The number of carbonyl (C=O) groups excluding carboxylic acids is 1. The Balaban J connectivity index is 1.62. The minimum atomic E-state index is -0.0275. The van der Waals surface area contributed by atoms with E-state index in [-0.39, 0.29) is 11.3 Å². The van der Waals surface area contributed by atoms with Gasteiger partial charge in [0.2, 0.25) is 5.91 Å². The van der Waals surface area contributed by atoms with Gasteiger partial charge in [0, 0.05) is 31.1 Å². The number of morpholine rings is 1. The van der Waals surface area contributed by atoms with Crippen molar-refractivity contribution in [1.82, 2.24) is 14.7 Å². The van der Waals surface area contributed by atoms with Crippen LogP contribution in [0.5, 0.6) is 0 Å². The highest BCUT2D eigenvalue weighted by Gasteiger charge is 2.35. The zero-order valence-electron chi connectivity index (χ0n) is 15.3. The van der Waals surface area contributed by atoms with Crippen molar-refractivity contribution in [2.75, 3.05) is 25.0 Å². The van der Waals surface area contributed by atoms with E-state index in [1.54, 1.807) is 4.68 Å². The molecule has 2 atom stereocenters. The number of anilines is 1. The smallest absolute Gasteiger partial charge is 0.239 e. The molecule has 1 saturated carbocycles. The molecule has 1 aliphatic carbocycles. The third-order valence-corrected chi connectivity index (χ3v) is 5.11. The van der Waals surface area contributed by atoms with Gasteiger partial charge in [-0.05, 0) is 12.8 Å². The molecule has 1 saturated heterocycles. The molecule has 2 heterocycles. The second-order valence-electron chi connectivity index (χ2n) is 8.07. The van der Waals surface area contributed by atoms with Crippen LogP contribution >= 0.6 is 0 Å².